The molecular formula is C15H26N2O3. The van der Waals surface area contributed by atoms with Crippen LogP contribution < -0.4 is 0 Å². The van der Waals surface area contributed by atoms with E-state index in [1.54, 1.807) is 0 Å². The van der Waals surface area contributed by atoms with Gasteiger partial charge in [0.15, 0.2) is 0 Å². The number of piperidine rings is 1. The van der Waals surface area contributed by atoms with Gasteiger partial charge >= 0.3 is 12.0 Å². The number of aliphatic carboxylic acids is 1. The number of carboxylic acid groups (broad SMARTS) is 1. The van der Waals surface area contributed by atoms with Crippen molar-refractivity contribution in [2.75, 3.05) is 19.6 Å². The van der Waals surface area contributed by atoms with Crippen molar-refractivity contribution >= 4 is 12.0 Å². The van der Waals surface area contributed by atoms with Crippen molar-refractivity contribution < 1.29 is 14.7 Å². The predicted octanol–water partition coefficient (Wildman–Crippen LogP) is 2.56. The Hall–Kier alpha value is -1.26. The lowest BCUT2D eigenvalue weighted by molar-refractivity contribution is -0.137. The number of nitrogens with zero attached hydrogens (tertiary/aromatic N) is 2. The molecule has 1 aliphatic heterocycles. The molecule has 1 unspecified atom stereocenters. The van der Waals surface area contributed by atoms with Gasteiger partial charge in [-0.05, 0) is 51.4 Å². The first kappa shape index (κ1) is 15.1. The fraction of sp³-hybridized carbons (Fsp3) is 0.867. The van der Waals surface area contributed by atoms with Crippen LogP contribution in [0.15, 0.2) is 0 Å². The van der Waals surface area contributed by atoms with Crippen molar-refractivity contribution in [3.05, 3.63) is 0 Å². The average Bonchev–Trinajstić information content (AvgIpc) is 3.26. The number of carboxylic acids is 1. The summed E-state index contributed by atoms with van der Waals surface area (Å²) >= 11 is 0. The third-order valence-corrected chi connectivity index (χ3v) is 4.39. The summed E-state index contributed by atoms with van der Waals surface area (Å²) in [5.41, 5.74) is 0. The van der Waals surface area contributed by atoms with Crippen LogP contribution in [0.2, 0.25) is 0 Å². The molecule has 1 heterocycles. The molecule has 1 saturated heterocycles. The van der Waals surface area contributed by atoms with Crippen molar-refractivity contribution in [2.24, 2.45) is 5.92 Å². The molecule has 0 aromatic rings. The first-order chi connectivity index (χ1) is 9.61. The molecule has 114 valence electrons. The molecule has 0 radical (unpaired) electrons. The Morgan fingerprint density at radius 2 is 2.00 bits per heavy atom. The molecule has 2 rings (SSSR count). The van der Waals surface area contributed by atoms with E-state index >= 15 is 0 Å². The van der Waals surface area contributed by atoms with Crippen LogP contribution in [0.4, 0.5) is 4.79 Å². The Morgan fingerprint density at radius 1 is 1.25 bits per heavy atom. The minimum absolute atomic E-state index is 0.112. The van der Waals surface area contributed by atoms with E-state index in [2.05, 4.69) is 0 Å². The number of likely N-dealkylation sites (tertiary alicyclic amines) is 1. The Bertz CT molecular complexity index is 355. The van der Waals surface area contributed by atoms with Crippen molar-refractivity contribution in [3.63, 3.8) is 0 Å². The van der Waals surface area contributed by atoms with E-state index in [-0.39, 0.29) is 18.5 Å². The van der Waals surface area contributed by atoms with Crippen LogP contribution in [0.25, 0.3) is 0 Å². The van der Waals surface area contributed by atoms with Gasteiger partial charge in [0.2, 0.25) is 0 Å². The highest BCUT2D eigenvalue weighted by atomic mass is 16.4. The summed E-state index contributed by atoms with van der Waals surface area (Å²) in [7, 11) is 0. The summed E-state index contributed by atoms with van der Waals surface area (Å²) < 4.78 is 0. The predicted molar refractivity (Wildman–Crippen MR) is 76.6 cm³/mol. The third kappa shape index (κ3) is 4.12. The van der Waals surface area contributed by atoms with E-state index in [0.717, 1.165) is 38.9 Å². The molecule has 2 amide bonds. The molecule has 5 nitrogen and oxygen atoms in total. The maximum atomic E-state index is 12.7. The quantitative estimate of drug-likeness (QED) is 0.814. The van der Waals surface area contributed by atoms with Gasteiger partial charge in [-0.2, -0.15) is 0 Å². The highest BCUT2D eigenvalue weighted by Crippen LogP contribution is 2.30. The lowest BCUT2D eigenvalue weighted by Crippen LogP contribution is -2.50. The second kappa shape index (κ2) is 6.95. The number of hydrogen-bond donors (Lipinski definition) is 1. The van der Waals surface area contributed by atoms with Crippen LogP contribution in [0.5, 0.6) is 0 Å². The topological polar surface area (TPSA) is 60.9 Å². The Labute approximate surface area is 120 Å². The number of hydrogen-bond acceptors (Lipinski definition) is 2. The second-order valence-corrected chi connectivity index (χ2v) is 6.04. The molecule has 2 fully saturated rings. The smallest absolute Gasteiger partial charge is 0.320 e. The minimum Gasteiger partial charge on any atom is -0.481 e. The molecule has 1 aliphatic carbocycles. The summed E-state index contributed by atoms with van der Waals surface area (Å²) in [6, 6.07) is 0.232. The molecule has 0 aromatic carbocycles. The van der Waals surface area contributed by atoms with Crippen LogP contribution >= 0.6 is 0 Å². The number of rotatable bonds is 6. The molecular weight excluding hydrogens is 256 g/mol. The molecule has 20 heavy (non-hydrogen) atoms. The SMILES string of the molecule is CCN(CC1CC1)C(=O)N1CCCCC1CCC(=O)O. The van der Waals surface area contributed by atoms with Gasteiger partial charge in [-0.25, -0.2) is 4.79 Å². The van der Waals surface area contributed by atoms with E-state index in [9.17, 15) is 9.59 Å². The molecule has 0 spiro atoms. The van der Waals surface area contributed by atoms with Crippen LogP contribution in [0.1, 0.15) is 51.9 Å². The normalized spacial score (nSPS) is 22.6. The first-order valence-electron chi connectivity index (χ1n) is 7.89. The average molecular weight is 282 g/mol. The van der Waals surface area contributed by atoms with Crippen molar-refractivity contribution in [2.45, 2.75) is 57.9 Å². The lowest BCUT2D eigenvalue weighted by Gasteiger charge is -2.39. The number of carbonyl (C=O) groups is 2. The van der Waals surface area contributed by atoms with E-state index in [1.165, 1.54) is 12.8 Å². The standard InChI is InChI=1S/C15H26N2O3/c1-2-16(11-12-6-7-12)15(20)17-10-4-3-5-13(17)8-9-14(18)19/h12-13H,2-11H2,1H3,(H,18,19). The maximum Gasteiger partial charge on any atom is 0.320 e. The Morgan fingerprint density at radius 3 is 2.60 bits per heavy atom. The molecule has 1 saturated carbocycles. The largest absolute Gasteiger partial charge is 0.481 e. The van der Waals surface area contributed by atoms with Gasteiger partial charge in [-0.1, -0.05) is 0 Å². The Kier molecular flexibility index (Phi) is 5.26. The summed E-state index contributed by atoms with van der Waals surface area (Å²) in [6.07, 6.45) is 6.31. The van der Waals surface area contributed by atoms with E-state index < -0.39 is 5.97 Å². The molecule has 1 atom stereocenters. The van der Waals surface area contributed by atoms with Gasteiger partial charge < -0.3 is 14.9 Å². The van der Waals surface area contributed by atoms with Gasteiger partial charge in [0.05, 0.1) is 0 Å². The van der Waals surface area contributed by atoms with Crippen molar-refractivity contribution in [1.29, 1.82) is 0 Å². The lowest BCUT2D eigenvalue weighted by atomic mass is 9.98. The van der Waals surface area contributed by atoms with Crippen molar-refractivity contribution in [1.82, 2.24) is 9.80 Å². The van der Waals surface area contributed by atoms with Crippen LogP contribution in [0, 0.1) is 5.92 Å². The molecule has 0 aromatic heterocycles. The number of urea groups is 1. The van der Waals surface area contributed by atoms with E-state index in [1.807, 2.05) is 16.7 Å². The number of amides is 2. The van der Waals surface area contributed by atoms with Crippen LogP contribution in [-0.2, 0) is 4.79 Å². The summed E-state index contributed by atoms with van der Waals surface area (Å²) in [6.45, 7) is 4.43. The second-order valence-electron chi connectivity index (χ2n) is 6.04. The van der Waals surface area contributed by atoms with Gasteiger partial charge in [0.1, 0.15) is 0 Å². The van der Waals surface area contributed by atoms with Crippen LogP contribution in [-0.4, -0.2) is 52.6 Å². The zero-order valence-electron chi connectivity index (χ0n) is 12.4. The zero-order valence-corrected chi connectivity index (χ0v) is 12.4. The highest BCUT2D eigenvalue weighted by molar-refractivity contribution is 5.75. The Balaban J connectivity index is 1.93. The van der Waals surface area contributed by atoms with Gasteiger partial charge in [0.25, 0.3) is 0 Å². The highest BCUT2D eigenvalue weighted by Gasteiger charge is 2.32. The molecule has 0 bridgehead atoms. The monoisotopic (exact) mass is 282 g/mol. The minimum atomic E-state index is -0.770. The zero-order chi connectivity index (χ0) is 14.5. The van der Waals surface area contributed by atoms with Gasteiger partial charge in [-0.15, -0.1) is 0 Å². The van der Waals surface area contributed by atoms with Gasteiger partial charge in [-0.3, -0.25) is 4.79 Å². The van der Waals surface area contributed by atoms with Crippen LogP contribution in [0.3, 0.4) is 0 Å². The van der Waals surface area contributed by atoms with Gasteiger partial charge in [0, 0.05) is 32.1 Å². The maximum absolute atomic E-state index is 12.7. The fourth-order valence-corrected chi connectivity index (χ4v) is 2.98. The van der Waals surface area contributed by atoms with Crippen molar-refractivity contribution in [3.8, 4) is 0 Å². The summed E-state index contributed by atoms with van der Waals surface area (Å²) in [5, 5.41) is 8.84. The summed E-state index contributed by atoms with van der Waals surface area (Å²) in [4.78, 5) is 27.3. The molecule has 2 aliphatic rings. The van der Waals surface area contributed by atoms with E-state index in [0.29, 0.717) is 12.3 Å². The molecule has 1 N–H and O–H groups in total. The fourth-order valence-electron chi connectivity index (χ4n) is 2.98. The molecule has 5 heteroatoms. The number of carbonyl (C=O) groups excluding carboxylic acids is 1. The third-order valence-electron chi connectivity index (χ3n) is 4.39. The van der Waals surface area contributed by atoms with E-state index in [4.69, 9.17) is 5.11 Å². The summed E-state index contributed by atoms with van der Waals surface area (Å²) in [5.74, 6) is -0.0746. The first-order valence-corrected chi connectivity index (χ1v) is 7.89.